The second-order valence-corrected chi connectivity index (χ2v) is 6.86. The van der Waals surface area contributed by atoms with Gasteiger partial charge in [-0.15, -0.1) is 11.3 Å². The molecule has 6 heteroatoms. The molecule has 4 aromatic rings. The van der Waals surface area contributed by atoms with Crippen molar-refractivity contribution in [1.29, 1.82) is 0 Å². The molecule has 2 aromatic carbocycles. The van der Waals surface area contributed by atoms with Crippen LogP contribution in [-0.4, -0.2) is 15.2 Å². The van der Waals surface area contributed by atoms with Gasteiger partial charge in [-0.25, -0.2) is 9.78 Å². The predicted octanol–water partition coefficient (Wildman–Crippen LogP) is 4.43. The maximum Gasteiger partial charge on any atom is 0.350 e. The van der Waals surface area contributed by atoms with E-state index in [0.29, 0.717) is 22.4 Å². The van der Waals surface area contributed by atoms with Crippen LogP contribution in [-0.2, 0) is 6.42 Å². The molecule has 0 amide bonds. The fourth-order valence-electron chi connectivity index (χ4n) is 2.90. The van der Waals surface area contributed by atoms with E-state index in [1.165, 1.54) is 17.4 Å². The average Bonchev–Trinajstić information content (AvgIpc) is 3.00. The molecule has 25 heavy (non-hydrogen) atoms. The normalized spacial score (nSPS) is 11.4. The lowest BCUT2D eigenvalue weighted by Crippen LogP contribution is -2.03. The molecule has 2 N–H and O–H groups in total. The van der Waals surface area contributed by atoms with Crippen LogP contribution in [0.5, 0.6) is 11.5 Å². The van der Waals surface area contributed by atoms with Crippen molar-refractivity contribution in [3.05, 3.63) is 52.4 Å². The van der Waals surface area contributed by atoms with E-state index in [1.54, 1.807) is 6.07 Å². The van der Waals surface area contributed by atoms with Crippen molar-refractivity contribution in [2.75, 3.05) is 0 Å². The van der Waals surface area contributed by atoms with Crippen molar-refractivity contribution in [2.24, 2.45) is 0 Å². The molecule has 2 aromatic heterocycles. The molecule has 0 spiro atoms. The molecule has 0 unspecified atom stereocenters. The van der Waals surface area contributed by atoms with Crippen LogP contribution < -0.4 is 5.63 Å². The van der Waals surface area contributed by atoms with Crippen LogP contribution >= 0.6 is 11.3 Å². The number of phenols is 1. The number of hydrogen-bond acceptors (Lipinski definition) is 6. The SMILES string of the molecule is CCCc1cc2c(O)c(-c3nc4ccccc4s3)c(=O)oc2cc1O. The summed E-state index contributed by atoms with van der Waals surface area (Å²) in [5, 5.41) is 21.6. The Hall–Kier alpha value is -2.86. The number of para-hydroxylation sites is 1. The highest BCUT2D eigenvalue weighted by molar-refractivity contribution is 7.21. The quantitative estimate of drug-likeness (QED) is 0.532. The first-order chi connectivity index (χ1) is 12.1. The number of aryl methyl sites for hydroxylation is 1. The maximum atomic E-state index is 12.4. The van der Waals surface area contributed by atoms with Crippen LogP contribution in [0, 0.1) is 0 Å². The Labute approximate surface area is 146 Å². The van der Waals surface area contributed by atoms with Gasteiger partial charge in [-0.05, 0) is 30.2 Å². The van der Waals surface area contributed by atoms with E-state index in [2.05, 4.69) is 4.98 Å². The molecule has 0 fully saturated rings. The second-order valence-electron chi connectivity index (χ2n) is 5.83. The number of hydrogen-bond donors (Lipinski definition) is 2. The van der Waals surface area contributed by atoms with Crippen molar-refractivity contribution in [1.82, 2.24) is 4.98 Å². The van der Waals surface area contributed by atoms with Gasteiger partial charge >= 0.3 is 5.63 Å². The van der Waals surface area contributed by atoms with E-state index in [4.69, 9.17) is 4.42 Å². The summed E-state index contributed by atoms with van der Waals surface area (Å²) in [6, 6.07) is 10.6. The van der Waals surface area contributed by atoms with Gasteiger partial charge in [0, 0.05) is 6.07 Å². The fourth-order valence-corrected chi connectivity index (χ4v) is 3.90. The van der Waals surface area contributed by atoms with Gasteiger partial charge in [-0.3, -0.25) is 0 Å². The van der Waals surface area contributed by atoms with Crippen LogP contribution in [0.1, 0.15) is 18.9 Å². The zero-order valence-corrected chi connectivity index (χ0v) is 14.3. The third-order valence-electron chi connectivity index (χ3n) is 4.11. The van der Waals surface area contributed by atoms with E-state index < -0.39 is 5.63 Å². The molecule has 0 aliphatic heterocycles. The van der Waals surface area contributed by atoms with Crippen molar-refractivity contribution in [3.8, 4) is 22.1 Å². The van der Waals surface area contributed by atoms with Gasteiger partial charge in [-0.2, -0.15) is 0 Å². The number of phenolic OH excluding ortho intramolecular Hbond substituents is 1. The highest BCUT2D eigenvalue weighted by Crippen LogP contribution is 2.38. The Morgan fingerprint density at radius 2 is 2.00 bits per heavy atom. The lowest BCUT2D eigenvalue weighted by molar-refractivity contribution is 0.460. The second kappa shape index (κ2) is 5.89. The molecule has 4 rings (SSSR count). The van der Waals surface area contributed by atoms with Crippen molar-refractivity contribution < 1.29 is 14.6 Å². The number of thiazole rings is 1. The Bertz CT molecular complexity index is 1130. The first kappa shape index (κ1) is 15.7. The highest BCUT2D eigenvalue weighted by atomic mass is 32.1. The van der Waals surface area contributed by atoms with Crippen molar-refractivity contribution in [2.45, 2.75) is 19.8 Å². The molecule has 0 atom stereocenters. The van der Waals surface area contributed by atoms with Gasteiger partial charge < -0.3 is 14.6 Å². The molecule has 5 nitrogen and oxygen atoms in total. The lowest BCUT2D eigenvalue weighted by atomic mass is 10.0. The number of rotatable bonds is 3. The van der Waals surface area contributed by atoms with Gasteiger partial charge in [0.15, 0.2) is 0 Å². The Kier molecular flexibility index (Phi) is 3.69. The third kappa shape index (κ3) is 2.55. The summed E-state index contributed by atoms with van der Waals surface area (Å²) < 4.78 is 6.25. The van der Waals surface area contributed by atoms with Gasteiger partial charge in [0.25, 0.3) is 0 Å². The molecule has 0 bridgehead atoms. The van der Waals surface area contributed by atoms with Crippen LogP contribution in [0.4, 0.5) is 0 Å². The van der Waals surface area contributed by atoms with Crippen LogP contribution in [0.2, 0.25) is 0 Å². The van der Waals surface area contributed by atoms with Crippen molar-refractivity contribution in [3.63, 3.8) is 0 Å². The third-order valence-corrected chi connectivity index (χ3v) is 5.16. The van der Waals surface area contributed by atoms with Gasteiger partial charge in [-0.1, -0.05) is 25.5 Å². The molecular formula is C19H15NO4S. The zero-order chi connectivity index (χ0) is 17.6. The minimum absolute atomic E-state index is 0.0573. The number of benzene rings is 2. The molecule has 126 valence electrons. The molecule has 0 saturated carbocycles. The summed E-state index contributed by atoms with van der Waals surface area (Å²) in [6.07, 6.45) is 1.51. The minimum atomic E-state index is -0.674. The van der Waals surface area contributed by atoms with Crippen LogP contribution in [0.25, 0.3) is 31.8 Å². The van der Waals surface area contributed by atoms with E-state index in [0.717, 1.165) is 16.6 Å². The smallest absolute Gasteiger partial charge is 0.350 e. The van der Waals surface area contributed by atoms with Crippen molar-refractivity contribution >= 4 is 32.5 Å². The summed E-state index contributed by atoms with van der Waals surface area (Å²) in [7, 11) is 0. The molecule has 0 radical (unpaired) electrons. The topological polar surface area (TPSA) is 83.6 Å². The molecule has 0 saturated heterocycles. The van der Waals surface area contributed by atoms with Crippen LogP contribution in [0.15, 0.2) is 45.6 Å². The van der Waals surface area contributed by atoms with E-state index >= 15 is 0 Å². The van der Waals surface area contributed by atoms with Gasteiger partial charge in [0.05, 0.1) is 15.6 Å². The first-order valence-corrected chi connectivity index (χ1v) is 8.77. The van der Waals surface area contributed by atoms with Crippen LogP contribution in [0.3, 0.4) is 0 Å². The monoisotopic (exact) mass is 353 g/mol. The standard InChI is InChI=1S/C19H15NO4S/c1-2-5-10-8-11-14(9-13(10)21)24-19(23)16(17(11)22)18-20-12-6-3-4-7-15(12)25-18/h3-4,6-9,21-22H,2,5H2,1H3. The highest BCUT2D eigenvalue weighted by Gasteiger charge is 2.20. The van der Waals surface area contributed by atoms with Gasteiger partial charge in [0.1, 0.15) is 27.7 Å². The molecular weight excluding hydrogens is 338 g/mol. The minimum Gasteiger partial charge on any atom is -0.508 e. The summed E-state index contributed by atoms with van der Waals surface area (Å²) >= 11 is 1.32. The summed E-state index contributed by atoms with van der Waals surface area (Å²) in [6.45, 7) is 2.00. The largest absolute Gasteiger partial charge is 0.508 e. The average molecular weight is 353 g/mol. The summed E-state index contributed by atoms with van der Waals surface area (Å²) in [5.41, 5.74) is 1.01. The molecule has 0 aliphatic carbocycles. The number of fused-ring (bicyclic) bond motifs is 2. The fraction of sp³-hybridized carbons (Fsp3) is 0.158. The predicted molar refractivity (Wildman–Crippen MR) is 98.4 cm³/mol. The Balaban J connectivity index is 2.00. The van der Waals surface area contributed by atoms with E-state index in [9.17, 15) is 15.0 Å². The first-order valence-electron chi connectivity index (χ1n) is 7.96. The summed E-state index contributed by atoms with van der Waals surface area (Å²) in [5.74, 6) is -0.104. The zero-order valence-electron chi connectivity index (χ0n) is 13.4. The number of aromatic hydroxyl groups is 2. The lowest BCUT2D eigenvalue weighted by Gasteiger charge is -2.08. The Morgan fingerprint density at radius 3 is 2.76 bits per heavy atom. The Morgan fingerprint density at radius 1 is 1.20 bits per heavy atom. The van der Waals surface area contributed by atoms with E-state index in [1.807, 2.05) is 31.2 Å². The van der Waals surface area contributed by atoms with Gasteiger partial charge in [0.2, 0.25) is 0 Å². The molecule has 2 heterocycles. The number of nitrogens with zero attached hydrogens (tertiary/aromatic N) is 1. The maximum absolute atomic E-state index is 12.4. The van der Waals surface area contributed by atoms with E-state index in [-0.39, 0.29) is 22.6 Å². The summed E-state index contributed by atoms with van der Waals surface area (Å²) in [4.78, 5) is 16.8. The number of aromatic nitrogens is 1. The molecule has 0 aliphatic rings.